The summed E-state index contributed by atoms with van der Waals surface area (Å²) in [7, 11) is 0. The van der Waals surface area contributed by atoms with E-state index in [0.29, 0.717) is 12.3 Å². The van der Waals surface area contributed by atoms with E-state index < -0.39 is 24.1 Å². The summed E-state index contributed by atoms with van der Waals surface area (Å²) >= 11 is 0. The third-order valence-electron chi connectivity index (χ3n) is 6.18. The van der Waals surface area contributed by atoms with Crippen LogP contribution in [0.4, 0.5) is 0 Å². The standard InChI is InChI=1S/C20H32N2O4/c1-5-8-16(20(25)26-12(2)3)21-13(4)18(23)22-15-10-7-6-9-14(15)11-17(22)19(21)24/h12-17H,5-11H2,1-4H3/t13-,14-,15-,16-,17-/m0/s1. The molecule has 3 aliphatic rings. The Morgan fingerprint density at radius 2 is 1.88 bits per heavy atom. The van der Waals surface area contributed by atoms with E-state index in [4.69, 9.17) is 4.74 Å². The summed E-state index contributed by atoms with van der Waals surface area (Å²) in [6, 6.07) is -1.45. The summed E-state index contributed by atoms with van der Waals surface area (Å²) in [4.78, 5) is 42.5. The van der Waals surface area contributed by atoms with Crippen molar-refractivity contribution < 1.29 is 19.1 Å². The third-order valence-corrected chi connectivity index (χ3v) is 6.18. The summed E-state index contributed by atoms with van der Waals surface area (Å²) < 4.78 is 5.40. The molecule has 1 saturated carbocycles. The summed E-state index contributed by atoms with van der Waals surface area (Å²) in [6.07, 6.45) is 6.19. The van der Waals surface area contributed by atoms with Gasteiger partial charge < -0.3 is 14.5 Å². The first kappa shape index (κ1) is 19.2. The molecule has 6 heteroatoms. The maximum absolute atomic E-state index is 13.3. The molecular formula is C20H32N2O4. The third kappa shape index (κ3) is 3.23. The lowest BCUT2D eigenvalue weighted by Gasteiger charge is -2.46. The predicted molar refractivity (Wildman–Crippen MR) is 97.2 cm³/mol. The summed E-state index contributed by atoms with van der Waals surface area (Å²) in [5.74, 6) is -0.0205. The molecule has 146 valence electrons. The van der Waals surface area contributed by atoms with Gasteiger partial charge >= 0.3 is 5.97 Å². The second-order valence-electron chi connectivity index (χ2n) is 8.32. The number of nitrogens with zero attached hydrogens (tertiary/aromatic N) is 2. The molecule has 6 nitrogen and oxygen atoms in total. The molecule has 1 aliphatic carbocycles. The van der Waals surface area contributed by atoms with Crippen molar-refractivity contribution in [2.24, 2.45) is 5.92 Å². The van der Waals surface area contributed by atoms with E-state index in [2.05, 4.69) is 0 Å². The van der Waals surface area contributed by atoms with Gasteiger partial charge in [0.25, 0.3) is 0 Å². The van der Waals surface area contributed by atoms with E-state index in [1.54, 1.807) is 20.8 Å². The van der Waals surface area contributed by atoms with Crippen molar-refractivity contribution in [2.45, 2.75) is 103 Å². The van der Waals surface area contributed by atoms with Crippen LogP contribution in [0.15, 0.2) is 0 Å². The van der Waals surface area contributed by atoms with Crippen LogP contribution < -0.4 is 0 Å². The Balaban J connectivity index is 1.87. The average molecular weight is 364 g/mol. The van der Waals surface area contributed by atoms with Crippen molar-refractivity contribution >= 4 is 17.8 Å². The fourth-order valence-corrected chi connectivity index (χ4v) is 5.07. The number of carbonyl (C=O) groups excluding carboxylic acids is 3. The molecule has 5 atom stereocenters. The van der Waals surface area contributed by atoms with Crippen molar-refractivity contribution in [3.05, 3.63) is 0 Å². The van der Waals surface area contributed by atoms with Crippen LogP contribution in [0, 0.1) is 5.92 Å². The lowest BCUT2D eigenvalue weighted by atomic mass is 9.85. The molecule has 0 unspecified atom stereocenters. The first-order chi connectivity index (χ1) is 12.4. The Labute approximate surface area is 156 Å². The Kier molecular flexibility index (Phi) is 5.58. The van der Waals surface area contributed by atoms with E-state index in [-0.39, 0.29) is 24.0 Å². The molecule has 2 amide bonds. The lowest BCUT2D eigenvalue weighted by molar-refractivity contribution is -0.172. The maximum Gasteiger partial charge on any atom is 0.329 e. The van der Waals surface area contributed by atoms with Gasteiger partial charge in [0.2, 0.25) is 11.8 Å². The number of piperazine rings is 1. The number of esters is 1. The number of fused-ring (bicyclic) bond motifs is 3. The normalized spacial score (nSPS) is 32.5. The first-order valence-electron chi connectivity index (χ1n) is 10.2. The van der Waals surface area contributed by atoms with Gasteiger partial charge in [0.05, 0.1) is 6.10 Å². The largest absolute Gasteiger partial charge is 0.461 e. The number of rotatable bonds is 5. The molecule has 2 saturated heterocycles. The zero-order chi connectivity index (χ0) is 19.0. The van der Waals surface area contributed by atoms with E-state index in [0.717, 1.165) is 32.1 Å². The molecule has 0 aromatic carbocycles. The lowest BCUT2D eigenvalue weighted by Crippen LogP contribution is -2.67. The number of amides is 2. The Bertz CT molecular complexity index is 576. The summed E-state index contributed by atoms with van der Waals surface area (Å²) in [6.45, 7) is 7.35. The van der Waals surface area contributed by atoms with E-state index in [1.807, 2.05) is 11.8 Å². The van der Waals surface area contributed by atoms with Gasteiger partial charge in [-0.2, -0.15) is 0 Å². The van der Waals surface area contributed by atoms with Crippen LogP contribution in [0.2, 0.25) is 0 Å². The highest BCUT2D eigenvalue weighted by atomic mass is 16.5. The van der Waals surface area contributed by atoms with Gasteiger partial charge in [0.15, 0.2) is 0 Å². The minimum absolute atomic E-state index is 0.00227. The molecule has 0 radical (unpaired) electrons. The van der Waals surface area contributed by atoms with Gasteiger partial charge in [0.1, 0.15) is 18.1 Å². The number of hydrogen-bond acceptors (Lipinski definition) is 4. The minimum atomic E-state index is -0.668. The summed E-state index contributed by atoms with van der Waals surface area (Å²) in [5, 5.41) is 0. The van der Waals surface area contributed by atoms with Crippen LogP contribution >= 0.6 is 0 Å². The molecule has 0 aromatic rings. The summed E-state index contributed by atoms with van der Waals surface area (Å²) in [5.41, 5.74) is 0. The number of hydrogen-bond donors (Lipinski definition) is 0. The molecule has 2 heterocycles. The monoisotopic (exact) mass is 364 g/mol. The van der Waals surface area contributed by atoms with Crippen molar-refractivity contribution in [1.82, 2.24) is 9.80 Å². The van der Waals surface area contributed by atoms with Gasteiger partial charge in [-0.15, -0.1) is 0 Å². The highest BCUT2D eigenvalue weighted by Crippen LogP contribution is 2.43. The van der Waals surface area contributed by atoms with Crippen LogP contribution in [-0.2, 0) is 19.1 Å². The molecule has 26 heavy (non-hydrogen) atoms. The minimum Gasteiger partial charge on any atom is -0.461 e. The highest BCUT2D eigenvalue weighted by molar-refractivity contribution is 5.99. The number of ether oxygens (including phenoxy) is 1. The molecule has 3 fully saturated rings. The molecular weight excluding hydrogens is 332 g/mol. The van der Waals surface area contributed by atoms with Gasteiger partial charge in [-0.3, -0.25) is 9.59 Å². The van der Waals surface area contributed by atoms with Crippen LogP contribution in [0.25, 0.3) is 0 Å². The van der Waals surface area contributed by atoms with Gasteiger partial charge in [0, 0.05) is 6.04 Å². The smallest absolute Gasteiger partial charge is 0.329 e. The van der Waals surface area contributed by atoms with Crippen molar-refractivity contribution in [3.8, 4) is 0 Å². The molecule has 0 spiro atoms. The Morgan fingerprint density at radius 3 is 2.54 bits per heavy atom. The van der Waals surface area contributed by atoms with Crippen LogP contribution in [0.1, 0.15) is 72.6 Å². The number of carbonyl (C=O) groups is 3. The molecule has 0 aromatic heterocycles. The second kappa shape index (κ2) is 7.57. The zero-order valence-corrected chi connectivity index (χ0v) is 16.4. The van der Waals surface area contributed by atoms with Gasteiger partial charge in [-0.1, -0.05) is 26.2 Å². The molecule has 3 rings (SSSR count). The fourth-order valence-electron chi connectivity index (χ4n) is 5.07. The van der Waals surface area contributed by atoms with E-state index >= 15 is 0 Å². The molecule has 0 bridgehead atoms. The maximum atomic E-state index is 13.3. The van der Waals surface area contributed by atoms with Crippen molar-refractivity contribution in [1.29, 1.82) is 0 Å². The van der Waals surface area contributed by atoms with Crippen molar-refractivity contribution in [2.75, 3.05) is 0 Å². The predicted octanol–water partition coefficient (Wildman–Crippen LogP) is 2.50. The van der Waals surface area contributed by atoms with Crippen LogP contribution in [-0.4, -0.2) is 57.9 Å². The Morgan fingerprint density at radius 1 is 1.19 bits per heavy atom. The Hall–Kier alpha value is -1.59. The van der Waals surface area contributed by atoms with Crippen LogP contribution in [0.3, 0.4) is 0 Å². The van der Waals surface area contributed by atoms with Crippen LogP contribution in [0.5, 0.6) is 0 Å². The average Bonchev–Trinajstić information content (AvgIpc) is 2.98. The quantitative estimate of drug-likeness (QED) is 0.703. The fraction of sp³-hybridized carbons (Fsp3) is 0.850. The highest BCUT2D eigenvalue weighted by Gasteiger charge is 2.55. The van der Waals surface area contributed by atoms with Gasteiger partial charge in [-0.25, -0.2) is 4.79 Å². The molecule has 2 aliphatic heterocycles. The topological polar surface area (TPSA) is 66.9 Å². The first-order valence-corrected chi connectivity index (χ1v) is 10.2. The second-order valence-corrected chi connectivity index (χ2v) is 8.32. The SMILES string of the molecule is CCC[C@@H](C(=O)OC(C)C)N1C(=O)[C@@H]2C[C@@H]3CCCC[C@@H]3N2C(=O)[C@@H]1C. The van der Waals surface area contributed by atoms with Crippen molar-refractivity contribution in [3.63, 3.8) is 0 Å². The van der Waals surface area contributed by atoms with Gasteiger partial charge in [-0.05, 0) is 52.4 Å². The van der Waals surface area contributed by atoms with E-state index in [1.165, 1.54) is 11.3 Å². The zero-order valence-electron chi connectivity index (χ0n) is 16.4. The van der Waals surface area contributed by atoms with E-state index in [9.17, 15) is 14.4 Å². The molecule has 0 N–H and O–H groups in total.